The van der Waals surface area contributed by atoms with Crippen LogP contribution >= 0.6 is 0 Å². The van der Waals surface area contributed by atoms with Gasteiger partial charge in [0.15, 0.2) is 0 Å². The molecule has 0 spiro atoms. The molecule has 0 saturated carbocycles. The Morgan fingerprint density at radius 1 is 1.06 bits per heavy atom. The fourth-order valence-corrected chi connectivity index (χ4v) is 2.04. The van der Waals surface area contributed by atoms with Crippen molar-refractivity contribution in [3.63, 3.8) is 0 Å². The maximum absolute atomic E-state index is 5.62. The van der Waals surface area contributed by atoms with Crippen LogP contribution in [0.25, 0.3) is 0 Å². The Morgan fingerprint density at radius 3 is 2.39 bits per heavy atom. The van der Waals surface area contributed by atoms with E-state index in [-0.39, 0.29) is 6.04 Å². The molecule has 1 aromatic heterocycles. The van der Waals surface area contributed by atoms with Crippen LogP contribution in [-0.4, -0.2) is 6.54 Å². The summed E-state index contributed by atoms with van der Waals surface area (Å²) in [7, 11) is 0. The number of furan rings is 1. The molecule has 96 valence electrons. The molecular formula is C16H21NO. The molecule has 2 aromatic rings. The van der Waals surface area contributed by atoms with Crippen molar-refractivity contribution < 1.29 is 4.42 Å². The number of nitrogens with one attached hydrogen (secondary N) is 1. The number of rotatable bonds is 5. The molecule has 2 heteroatoms. The van der Waals surface area contributed by atoms with Gasteiger partial charge in [-0.1, -0.05) is 37.3 Å². The van der Waals surface area contributed by atoms with Crippen molar-refractivity contribution in [3.05, 3.63) is 59.5 Å². The summed E-state index contributed by atoms with van der Waals surface area (Å²) in [4.78, 5) is 0. The van der Waals surface area contributed by atoms with Gasteiger partial charge in [-0.25, -0.2) is 0 Å². The van der Waals surface area contributed by atoms with Crippen molar-refractivity contribution in [3.8, 4) is 0 Å². The van der Waals surface area contributed by atoms with Crippen LogP contribution in [-0.2, 0) is 0 Å². The highest BCUT2D eigenvalue weighted by atomic mass is 16.3. The van der Waals surface area contributed by atoms with Gasteiger partial charge in [0.1, 0.15) is 11.5 Å². The summed E-state index contributed by atoms with van der Waals surface area (Å²) in [6.07, 6.45) is 0. The van der Waals surface area contributed by atoms with Crippen molar-refractivity contribution in [2.24, 2.45) is 0 Å². The fourth-order valence-electron chi connectivity index (χ4n) is 2.04. The van der Waals surface area contributed by atoms with Gasteiger partial charge >= 0.3 is 0 Å². The van der Waals surface area contributed by atoms with Crippen LogP contribution in [0.5, 0.6) is 0 Å². The Hall–Kier alpha value is -1.54. The Morgan fingerprint density at radius 2 is 1.78 bits per heavy atom. The molecule has 2 unspecified atom stereocenters. The molecule has 2 nitrogen and oxygen atoms in total. The van der Waals surface area contributed by atoms with Gasteiger partial charge in [0, 0.05) is 6.54 Å². The van der Waals surface area contributed by atoms with Crippen molar-refractivity contribution in [1.82, 2.24) is 5.32 Å². The molecule has 2 rings (SSSR count). The number of hydrogen-bond donors (Lipinski definition) is 1. The van der Waals surface area contributed by atoms with Crippen molar-refractivity contribution in [2.75, 3.05) is 6.54 Å². The zero-order chi connectivity index (χ0) is 13.0. The molecule has 0 aliphatic rings. The van der Waals surface area contributed by atoms with E-state index in [1.807, 2.05) is 19.1 Å². The minimum atomic E-state index is 0.255. The van der Waals surface area contributed by atoms with Gasteiger partial charge in [-0.15, -0.1) is 0 Å². The summed E-state index contributed by atoms with van der Waals surface area (Å²) in [5.74, 6) is 2.48. The van der Waals surface area contributed by atoms with E-state index < -0.39 is 0 Å². The van der Waals surface area contributed by atoms with Gasteiger partial charge in [0.25, 0.3) is 0 Å². The molecule has 0 saturated heterocycles. The van der Waals surface area contributed by atoms with E-state index >= 15 is 0 Å². The highest BCUT2D eigenvalue weighted by Gasteiger charge is 2.11. The van der Waals surface area contributed by atoms with Crippen LogP contribution in [0.15, 0.2) is 46.9 Å². The Bertz CT molecular complexity index is 475. The van der Waals surface area contributed by atoms with Gasteiger partial charge in [-0.05, 0) is 37.5 Å². The summed E-state index contributed by atoms with van der Waals surface area (Å²) in [6.45, 7) is 7.30. The Balaban J connectivity index is 1.88. The van der Waals surface area contributed by atoms with E-state index in [1.54, 1.807) is 0 Å². The highest BCUT2D eigenvalue weighted by Crippen LogP contribution is 2.18. The average molecular weight is 243 g/mol. The molecule has 0 aliphatic heterocycles. The van der Waals surface area contributed by atoms with Crippen LogP contribution in [0.1, 0.15) is 42.9 Å². The lowest BCUT2D eigenvalue weighted by molar-refractivity contribution is 0.411. The maximum Gasteiger partial charge on any atom is 0.120 e. The number of aryl methyl sites for hydroxylation is 1. The van der Waals surface area contributed by atoms with E-state index in [9.17, 15) is 0 Å². The SMILES string of the molecule is Cc1ccc(C(C)NCC(C)c2ccccc2)o1. The Kier molecular flexibility index (Phi) is 4.21. The fraction of sp³-hybridized carbons (Fsp3) is 0.375. The maximum atomic E-state index is 5.62. The quantitative estimate of drug-likeness (QED) is 0.857. The molecular weight excluding hydrogens is 222 g/mol. The largest absolute Gasteiger partial charge is 0.465 e. The smallest absolute Gasteiger partial charge is 0.120 e. The molecule has 1 heterocycles. The molecule has 0 aliphatic carbocycles. The minimum Gasteiger partial charge on any atom is -0.465 e. The Labute approximate surface area is 109 Å². The predicted molar refractivity (Wildman–Crippen MR) is 74.7 cm³/mol. The van der Waals surface area contributed by atoms with Crippen molar-refractivity contribution >= 4 is 0 Å². The molecule has 18 heavy (non-hydrogen) atoms. The summed E-state index contributed by atoms with van der Waals surface area (Å²) in [6, 6.07) is 14.9. The first kappa shape index (κ1) is 12.9. The lowest BCUT2D eigenvalue weighted by Gasteiger charge is -2.16. The highest BCUT2D eigenvalue weighted by molar-refractivity contribution is 5.19. The van der Waals surface area contributed by atoms with Crippen molar-refractivity contribution in [2.45, 2.75) is 32.7 Å². The second kappa shape index (κ2) is 5.87. The van der Waals surface area contributed by atoms with E-state index in [0.717, 1.165) is 18.1 Å². The molecule has 0 fully saturated rings. The number of hydrogen-bond acceptors (Lipinski definition) is 2. The molecule has 1 aromatic carbocycles. The standard InChI is InChI=1S/C16H21NO/c1-12(15-7-5-4-6-8-15)11-17-14(3)16-10-9-13(2)18-16/h4-10,12,14,17H,11H2,1-3H3. The summed E-state index contributed by atoms with van der Waals surface area (Å²) in [5, 5.41) is 3.52. The minimum absolute atomic E-state index is 0.255. The first-order valence-electron chi connectivity index (χ1n) is 6.51. The van der Waals surface area contributed by atoms with Crippen LogP contribution < -0.4 is 5.32 Å². The van der Waals surface area contributed by atoms with Gasteiger partial charge in [0.2, 0.25) is 0 Å². The van der Waals surface area contributed by atoms with Gasteiger partial charge in [0.05, 0.1) is 6.04 Å². The first-order chi connectivity index (χ1) is 8.66. The topological polar surface area (TPSA) is 25.2 Å². The molecule has 2 atom stereocenters. The molecule has 1 N–H and O–H groups in total. The van der Waals surface area contributed by atoms with E-state index in [1.165, 1.54) is 5.56 Å². The van der Waals surface area contributed by atoms with E-state index in [0.29, 0.717) is 5.92 Å². The number of benzene rings is 1. The summed E-state index contributed by atoms with van der Waals surface area (Å²) in [5.41, 5.74) is 1.37. The van der Waals surface area contributed by atoms with E-state index in [2.05, 4.69) is 49.5 Å². The first-order valence-corrected chi connectivity index (χ1v) is 6.51. The van der Waals surface area contributed by atoms with E-state index in [4.69, 9.17) is 4.42 Å². The summed E-state index contributed by atoms with van der Waals surface area (Å²) < 4.78 is 5.62. The van der Waals surface area contributed by atoms with Crippen LogP contribution in [0, 0.1) is 6.92 Å². The van der Waals surface area contributed by atoms with Gasteiger partial charge < -0.3 is 9.73 Å². The van der Waals surface area contributed by atoms with Crippen LogP contribution in [0.4, 0.5) is 0 Å². The van der Waals surface area contributed by atoms with Gasteiger partial charge in [-0.2, -0.15) is 0 Å². The summed E-state index contributed by atoms with van der Waals surface area (Å²) >= 11 is 0. The van der Waals surface area contributed by atoms with Crippen LogP contribution in [0.3, 0.4) is 0 Å². The third-order valence-corrected chi connectivity index (χ3v) is 3.29. The second-order valence-corrected chi connectivity index (χ2v) is 4.89. The third-order valence-electron chi connectivity index (χ3n) is 3.29. The average Bonchev–Trinajstić information content (AvgIpc) is 2.83. The molecule has 0 radical (unpaired) electrons. The lowest BCUT2D eigenvalue weighted by Crippen LogP contribution is -2.23. The second-order valence-electron chi connectivity index (χ2n) is 4.89. The molecule has 0 amide bonds. The predicted octanol–water partition coefficient (Wildman–Crippen LogP) is 4.04. The normalized spacial score (nSPS) is 14.4. The zero-order valence-electron chi connectivity index (χ0n) is 11.3. The van der Waals surface area contributed by atoms with Gasteiger partial charge in [-0.3, -0.25) is 0 Å². The zero-order valence-corrected chi connectivity index (χ0v) is 11.3. The molecule has 0 bridgehead atoms. The lowest BCUT2D eigenvalue weighted by atomic mass is 10.0. The monoisotopic (exact) mass is 243 g/mol. The van der Waals surface area contributed by atoms with Crippen LogP contribution in [0.2, 0.25) is 0 Å². The third kappa shape index (κ3) is 3.23. The van der Waals surface area contributed by atoms with Crippen molar-refractivity contribution in [1.29, 1.82) is 0 Å².